The molecule has 0 aliphatic carbocycles. The van der Waals surface area contributed by atoms with E-state index in [1.54, 1.807) is 43.7 Å². The third kappa shape index (κ3) is 8.36. The van der Waals surface area contributed by atoms with Gasteiger partial charge in [-0.1, -0.05) is 54.6 Å². The molecule has 0 saturated heterocycles. The van der Waals surface area contributed by atoms with Gasteiger partial charge >= 0.3 is 12.1 Å². The third-order valence-electron chi connectivity index (χ3n) is 9.35. The average Bonchev–Trinajstić information content (AvgIpc) is 3.26. The summed E-state index contributed by atoms with van der Waals surface area (Å²) in [5, 5.41) is 22.2. The van der Waals surface area contributed by atoms with Gasteiger partial charge in [-0.3, -0.25) is 9.59 Å². The van der Waals surface area contributed by atoms with Crippen LogP contribution in [0.25, 0.3) is 43.6 Å². The summed E-state index contributed by atoms with van der Waals surface area (Å²) >= 11 is 0. The molecule has 59 heavy (non-hydrogen) atoms. The molecule has 5 aromatic carbocycles. The number of urea groups is 2. The third-order valence-corrected chi connectivity index (χ3v) is 9.35. The lowest BCUT2D eigenvalue weighted by Gasteiger charge is -2.12. The SMILES string of the molecule is CNC(=O)Nc1ccc(Nc2ccnc3[nH]c(=O)c4ccccc4c23)cc1.O=C(Nc1ccccc1)Nc1ccc(Nc2ccnc3[nH]c(=O)c4ccccc4c23)cc1. The summed E-state index contributed by atoms with van der Waals surface area (Å²) in [5.74, 6) is 0. The van der Waals surface area contributed by atoms with E-state index in [2.05, 4.69) is 51.8 Å². The second-order valence-electron chi connectivity index (χ2n) is 13.2. The van der Waals surface area contributed by atoms with Gasteiger partial charge in [0, 0.05) is 80.2 Å². The normalized spacial score (nSPS) is 10.7. The molecule has 0 spiro atoms. The number of benzene rings is 5. The van der Waals surface area contributed by atoms with Crippen LogP contribution >= 0.6 is 0 Å². The summed E-state index contributed by atoms with van der Waals surface area (Å²) in [5.41, 5.74) is 6.14. The van der Waals surface area contributed by atoms with Crippen LogP contribution in [0.3, 0.4) is 0 Å². The Morgan fingerprint density at radius 2 is 0.814 bits per heavy atom. The summed E-state index contributed by atoms with van der Waals surface area (Å²) in [6.07, 6.45) is 3.30. The number of nitrogens with one attached hydrogen (secondary N) is 8. The van der Waals surface area contributed by atoms with Crippen LogP contribution in [0.2, 0.25) is 0 Å². The minimum atomic E-state index is -0.313. The first kappa shape index (κ1) is 37.4. The molecule has 290 valence electrons. The van der Waals surface area contributed by atoms with Gasteiger partial charge in [0.1, 0.15) is 11.3 Å². The van der Waals surface area contributed by atoms with E-state index in [1.807, 2.05) is 115 Å². The molecule has 0 saturated carbocycles. The van der Waals surface area contributed by atoms with Gasteiger partial charge in [-0.05, 0) is 84.9 Å². The summed E-state index contributed by atoms with van der Waals surface area (Å²) in [4.78, 5) is 62.5. The number of nitrogens with zero attached hydrogens (tertiary/aromatic N) is 2. The Bertz CT molecular complexity index is 3100. The molecule has 9 aromatic rings. The topological polar surface area (TPSA) is 198 Å². The minimum absolute atomic E-state index is 0.160. The molecule has 4 aromatic heterocycles. The molecule has 0 fully saturated rings. The number of carbonyl (C=O) groups is 2. The van der Waals surface area contributed by atoms with Crippen LogP contribution in [0.1, 0.15) is 0 Å². The van der Waals surface area contributed by atoms with E-state index < -0.39 is 0 Å². The van der Waals surface area contributed by atoms with E-state index in [0.717, 1.165) is 50.0 Å². The van der Waals surface area contributed by atoms with Crippen molar-refractivity contribution in [1.82, 2.24) is 25.3 Å². The molecule has 0 radical (unpaired) electrons. The highest BCUT2D eigenvalue weighted by atomic mass is 16.2. The van der Waals surface area contributed by atoms with Gasteiger partial charge in [0.2, 0.25) is 0 Å². The summed E-state index contributed by atoms with van der Waals surface area (Å²) in [6.45, 7) is 0. The molecule has 9 rings (SSSR count). The maximum absolute atomic E-state index is 12.3. The molecule has 14 nitrogen and oxygen atoms in total. The number of fused-ring (bicyclic) bond motifs is 6. The van der Waals surface area contributed by atoms with Crippen LogP contribution in [0, 0.1) is 0 Å². The highest BCUT2D eigenvalue weighted by molar-refractivity contribution is 6.12. The lowest BCUT2D eigenvalue weighted by atomic mass is 10.1. The first-order valence-corrected chi connectivity index (χ1v) is 18.5. The Hall–Kier alpha value is -8.52. The molecular formula is C45H36N10O4. The first-order valence-electron chi connectivity index (χ1n) is 18.5. The largest absolute Gasteiger partial charge is 0.355 e. The van der Waals surface area contributed by atoms with Crippen molar-refractivity contribution in [3.8, 4) is 0 Å². The second-order valence-corrected chi connectivity index (χ2v) is 13.2. The van der Waals surface area contributed by atoms with Gasteiger partial charge in [0.15, 0.2) is 0 Å². The zero-order chi connectivity index (χ0) is 40.7. The van der Waals surface area contributed by atoms with Crippen LogP contribution in [-0.2, 0) is 0 Å². The Morgan fingerprint density at radius 3 is 1.25 bits per heavy atom. The van der Waals surface area contributed by atoms with Crippen LogP contribution in [0.4, 0.5) is 49.4 Å². The predicted molar refractivity (Wildman–Crippen MR) is 236 cm³/mol. The van der Waals surface area contributed by atoms with Crippen molar-refractivity contribution < 1.29 is 9.59 Å². The van der Waals surface area contributed by atoms with Crippen molar-refractivity contribution >= 4 is 95.5 Å². The van der Waals surface area contributed by atoms with Gasteiger partial charge in [0.05, 0.1) is 11.4 Å². The number of aromatic amines is 2. The van der Waals surface area contributed by atoms with E-state index >= 15 is 0 Å². The molecule has 4 amide bonds. The molecule has 0 atom stereocenters. The maximum Gasteiger partial charge on any atom is 0.323 e. The lowest BCUT2D eigenvalue weighted by Crippen LogP contribution is -2.24. The molecule has 4 heterocycles. The van der Waals surface area contributed by atoms with Gasteiger partial charge in [-0.25, -0.2) is 19.6 Å². The summed E-state index contributed by atoms with van der Waals surface area (Å²) < 4.78 is 0. The number of amides is 4. The molecular weight excluding hydrogens is 745 g/mol. The van der Waals surface area contributed by atoms with Crippen LogP contribution in [-0.4, -0.2) is 39.0 Å². The van der Waals surface area contributed by atoms with Crippen molar-refractivity contribution in [3.05, 3.63) is 173 Å². The quantitative estimate of drug-likeness (QED) is 0.0733. The maximum atomic E-state index is 12.3. The van der Waals surface area contributed by atoms with E-state index in [1.165, 1.54) is 0 Å². The molecule has 0 aliphatic heterocycles. The monoisotopic (exact) mass is 780 g/mol. The fraction of sp³-hybridized carbons (Fsp3) is 0.0222. The Kier molecular flexibility index (Phi) is 10.6. The number of hydrogen-bond donors (Lipinski definition) is 8. The molecule has 14 heteroatoms. The number of anilines is 7. The summed E-state index contributed by atoms with van der Waals surface area (Å²) in [7, 11) is 1.56. The lowest BCUT2D eigenvalue weighted by molar-refractivity contribution is 0.254. The molecule has 0 aliphatic rings. The van der Waals surface area contributed by atoms with E-state index in [0.29, 0.717) is 33.4 Å². The fourth-order valence-corrected chi connectivity index (χ4v) is 6.61. The van der Waals surface area contributed by atoms with Crippen LogP contribution < -0.4 is 43.0 Å². The Morgan fingerprint density at radius 1 is 0.441 bits per heavy atom. The zero-order valence-corrected chi connectivity index (χ0v) is 31.5. The van der Waals surface area contributed by atoms with Crippen molar-refractivity contribution in [1.29, 1.82) is 0 Å². The van der Waals surface area contributed by atoms with Crippen molar-refractivity contribution in [2.45, 2.75) is 0 Å². The van der Waals surface area contributed by atoms with Crippen LogP contribution in [0.5, 0.6) is 0 Å². The van der Waals surface area contributed by atoms with Gasteiger partial charge in [-0.15, -0.1) is 0 Å². The van der Waals surface area contributed by atoms with E-state index in [4.69, 9.17) is 0 Å². The highest BCUT2D eigenvalue weighted by Crippen LogP contribution is 2.31. The number of para-hydroxylation sites is 1. The number of H-pyrrole nitrogens is 2. The Labute approximate surface area is 335 Å². The second kappa shape index (κ2) is 16.7. The number of carbonyl (C=O) groups excluding carboxylic acids is 2. The average molecular weight is 781 g/mol. The number of hydrogen-bond acceptors (Lipinski definition) is 8. The van der Waals surface area contributed by atoms with Gasteiger partial charge in [-0.2, -0.15) is 0 Å². The first-order chi connectivity index (χ1) is 28.8. The van der Waals surface area contributed by atoms with Gasteiger partial charge in [0.25, 0.3) is 11.1 Å². The zero-order valence-electron chi connectivity index (χ0n) is 31.5. The van der Waals surface area contributed by atoms with E-state index in [9.17, 15) is 19.2 Å². The summed E-state index contributed by atoms with van der Waals surface area (Å²) in [6, 6.07) is 42.0. The molecule has 8 N–H and O–H groups in total. The number of rotatable bonds is 7. The van der Waals surface area contributed by atoms with Crippen LogP contribution in [0.15, 0.2) is 162 Å². The highest BCUT2D eigenvalue weighted by Gasteiger charge is 2.12. The minimum Gasteiger partial charge on any atom is -0.355 e. The van der Waals surface area contributed by atoms with E-state index in [-0.39, 0.29) is 23.2 Å². The standard InChI is InChI=1S/C25H19N5O2.C20H17N5O2/c31-24-20-9-5-4-8-19(20)22-21(14-15-26-23(22)30-24)27-17-10-12-18(13-11-17)29-25(32)28-16-6-2-1-3-7-16;1-21-20(27)24-13-8-6-12(7-9-13)23-16-10-11-22-18-17(16)14-4-2-3-5-15(14)19(26)25-18/h1-15H,(H2,28,29,32)(H2,26,27,30,31);2-11H,1H3,(H2,21,24,27)(H2,22,23,25,26). The predicted octanol–water partition coefficient (Wildman–Crippen LogP) is 9.04. The van der Waals surface area contributed by atoms with Crippen molar-refractivity contribution in [3.63, 3.8) is 0 Å². The Balaban J connectivity index is 0.000000167. The fourth-order valence-electron chi connectivity index (χ4n) is 6.61. The smallest absolute Gasteiger partial charge is 0.323 e. The van der Waals surface area contributed by atoms with Crippen molar-refractivity contribution in [2.75, 3.05) is 33.6 Å². The van der Waals surface area contributed by atoms with Crippen molar-refractivity contribution in [2.24, 2.45) is 0 Å². The van der Waals surface area contributed by atoms with Gasteiger partial charge < -0.3 is 41.9 Å². The molecule has 0 bridgehead atoms. The number of aromatic nitrogens is 4. The number of pyridine rings is 4. The molecule has 0 unspecified atom stereocenters.